The number of hydrogen-bond donors (Lipinski definition) is 2. The van der Waals surface area contributed by atoms with E-state index in [4.69, 9.17) is 17.0 Å². The van der Waals surface area contributed by atoms with Crippen molar-refractivity contribution in [3.05, 3.63) is 5.53 Å². The lowest BCUT2D eigenvalue weighted by atomic mass is 10.1. The van der Waals surface area contributed by atoms with Crippen LogP contribution in [-0.4, -0.2) is 22.3 Å². The predicted octanol–water partition coefficient (Wildman–Crippen LogP) is -1.20. The van der Waals surface area contributed by atoms with E-state index in [1.807, 2.05) is 0 Å². The molecule has 0 aliphatic heterocycles. The van der Waals surface area contributed by atoms with Gasteiger partial charge in [0.15, 0.2) is 0 Å². The Morgan fingerprint density at radius 3 is 2.17 bits per heavy atom. The second-order valence-electron chi connectivity index (χ2n) is 2.23. The summed E-state index contributed by atoms with van der Waals surface area (Å²) in [5, 5.41) is 0. The van der Waals surface area contributed by atoms with Crippen LogP contribution < -0.4 is 11.5 Å². The van der Waals surface area contributed by atoms with Gasteiger partial charge in [-0.2, -0.15) is 4.79 Å². The Bertz CT molecular complexity index is 242. The summed E-state index contributed by atoms with van der Waals surface area (Å²) in [5.41, 5.74) is 17.7. The van der Waals surface area contributed by atoms with Gasteiger partial charge in [0.25, 0.3) is 0 Å². The van der Waals surface area contributed by atoms with Crippen LogP contribution in [0.4, 0.5) is 0 Å². The second kappa shape index (κ2) is 5.03. The van der Waals surface area contributed by atoms with Gasteiger partial charge in [0.1, 0.15) is 0 Å². The van der Waals surface area contributed by atoms with Crippen LogP contribution in [0, 0.1) is 0 Å². The Morgan fingerprint density at radius 2 is 1.83 bits per heavy atom. The monoisotopic (exact) mass is 170 g/mol. The van der Waals surface area contributed by atoms with E-state index in [1.54, 1.807) is 0 Å². The van der Waals surface area contributed by atoms with Crippen LogP contribution >= 0.6 is 0 Å². The molecular weight excluding hydrogens is 160 g/mol. The maximum Gasteiger partial charge on any atom is 0.355 e. The zero-order valence-corrected chi connectivity index (χ0v) is 6.49. The molecule has 0 aliphatic rings. The van der Waals surface area contributed by atoms with Crippen molar-refractivity contribution in [2.75, 3.05) is 0 Å². The van der Waals surface area contributed by atoms with E-state index in [1.165, 1.54) is 0 Å². The quantitative estimate of drug-likeness (QED) is 0.305. The molecule has 6 nitrogen and oxygen atoms in total. The van der Waals surface area contributed by atoms with Crippen LogP contribution in [0.3, 0.4) is 0 Å². The van der Waals surface area contributed by atoms with Crippen molar-refractivity contribution in [3.8, 4) is 0 Å². The molecule has 0 aliphatic carbocycles. The largest absolute Gasteiger partial charge is 0.370 e. The second-order valence-corrected chi connectivity index (χ2v) is 2.23. The molecule has 0 rings (SSSR count). The molecule has 0 saturated carbocycles. The lowest BCUT2D eigenvalue weighted by molar-refractivity contribution is -0.119. The van der Waals surface area contributed by atoms with Gasteiger partial charge >= 0.3 is 11.6 Å². The van der Waals surface area contributed by atoms with Gasteiger partial charge in [0.2, 0.25) is 5.91 Å². The van der Waals surface area contributed by atoms with Gasteiger partial charge in [-0.25, -0.2) is 0 Å². The summed E-state index contributed by atoms with van der Waals surface area (Å²) in [6.07, 6.45) is 0.665. The number of nitrogens with zero attached hydrogens (tertiary/aromatic N) is 2. The molecule has 6 heteroatoms. The van der Waals surface area contributed by atoms with Crippen molar-refractivity contribution in [3.63, 3.8) is 0 Å². The smallest absolute Gasteiger partial charge is 0.355 e. The summed E-state index contributed by atoms with van der Waals surface area (Å²) in [6.45, 7) is 0. The Balaban J connectivity index is 3.84. The number of nitrogens with two attached hydrogens (primary N) is 2. The fourth-order valence-corrected chi connectivity index (χ4v) is 0.653. The minimum absolute atomic E-state index is 0.142. The van der Waals surface area contributed by atoms with Crippen molar-refractivity contribution >= 4 is 17.5 Å². The average Bonchev–Trinajstić information content (AvgIpc) is 1.96. The topological polar surface area (TPSA) is 123 Å². The lowest BCUT2D eigenvalue weighted by Gasteiger charge is -1.90. The highest BCUT2D eigenvalue weighted by atomic mass is 16.1. The van der Waals surface area contributed by atoms with Crippen molar-refractivity contribution in [1.82, 2.24) is 0 Å². The van der Waals surface area contributed by atoms with E-state index >= 15 is 0 Å². The van der Waals surface area contributed by atoms with Gasteiger partial charge in [-0.3, -0.25) is 9.59 Å². The number of carbonyl (C=O) groups is 2. The van der Waals surface area contributed by atoms with Crippen molar-refractivity contribution in [2.45, 2.75) is 19.3 Å². The molecule has 0 aromatic rings. The molecule has 0 fully saturated rings. The molecule has 0 saturated heterocycles. The molecule has 2 amide bonds. The van der Waals surface area contributed by atoms with Crippen LogP contribution in [0.25, 0.3) is 5.53 Å². The van der Waals surface area contributed by atoms with E-state index < -0.39 is 11.8 Å². The van der Waals surface area contributed by atoms with E-state index in [-0.39, 0.29) is 18.6 Å². The predicted molar refractivity (Wildman–Crippen MR) is 40.9 cm³/mol. The number of rotatable bonds is 5. The third kappa shape index (κ3) is 4.19. The summed E-state index contributed by atoms with van der Waals surface area (Å²) < 4.78 is 0. The molecule has 0 aromatic carbocycles. The van der Waals surface area contributed by atoms with Gasteiger partial charge in [-0.15, -0.1) is 0 Å². The fraction of sp³-hybridized carbons (Fsp3) is 0.500. The van der Waals surface area contributed by atoms with E-state index in [0.29, 0.717) is 6.42 Å². The van der Waals surface area contributed by atoms with Crippen LogP contribution in [0.2, 0.25) is 0 Å². The minimum atomic E-state index is -0.790. The highest BCUT2D eigenvalue weighted by Crippen LogP contribution is 1.94. The van der Waals surface area contributed by atoms with Gasteiger partial charge in [0, 0.05) is 6.42 Å². The Kier molecular flexibility index (Phi) is 4.33. The fourth-order valence-electron chi connectivity index (χ4n) is 0.653. The van der Waals surface area contributed by atoms with Crippen LogP contribution in [0.1, 0.15) is 19.3 Å². The Morgan fingerprint density at radius 1 is 1.25 bits per heavy atom. The molecule has 12 heavy (non-hydrogen) atoms. The van der Waals surface area contributed by atoms with Crippen LogP contribution in [-0.2, 0) is 9.59 Å². The average molecular weight is 170 g/mol. The third-order valence-electron chi connectivity index (χ3n) is 1.24. The van der Waals surface area contributed by atoms with Crippen molar-refractivity contribution in [2.24, 2.45) is 11.5 Å². The highest BCUT2D eigenvalue weighted by molar-refractivity contribution is 6.35. The molecule has 0 radical (unpaired) electrons. The zero-order valence-electron chi connectivity index (χ0n) is 6.49. The molecular formula is C6H10N4O2. The molecule has 66 valence electrons. The maximum atomic E-state index is 10.4. The molecule has 0 unspecified atom stereocenters. The standard InChI is InChI=1S/C6H10N4O2/c7-5(11)3-1-2-4(10-9)6(8)12/h1-3H2,(H2,7,11)(H2,8,12). The maximum absolute atomic E-state index is 10.4. The van der Waals surface area contributed by atoms with E-state index in [0.717, 1.165) is 0 Å². The summed E-state index contributed by atoms with van der Waals surface area (Å²) >= 11 is 0. The SMILES string of the molecule is [N-]=[N+]=C(CCCC(N)=O)C(N)=O. The normalized spacial score (nSPS) is 8.67. The van der Waals surface area contributed by atoms with Gasteiger partial charge < -0.3 is 17.0 Å². The molecule has 0 aromatic heterocycles. The lowest BCUT2D eigenvalue weighted by Crippen LogP contribution is -2.24. The van der Waals surface area contributed by atoms with Crippen LogP contribution in [0.15, 0.2) is 0 Å². The van der Waals surface area contributed by atoms with Gasteiger partial charge in [0.05, 0.1) is 6.42 Å². The summed E-state index contributed by atoms with van der Waals surface area (Å²) in [4.78, 5) is 23.3. The molecule has 0 spiro atoms. The minimum Gasteiger partial charge on any atom is -0.370 e. The number of amides is 2. The Hall–Kier alpha value is -1.68. The number of carbonyl (C=O) groups excluding carboxylic acids is 2. The first-order valence-electron chi connectivity index (χ1n) is 3.37. The van der Waals surface area contributed by atoms with Gasteiger partial charge in [-0.05, 0) is 6.42 Å². The molecule has 0 bridgehead atoms. The van der Waals surface area contributed by atoms with Crippen molar-refractivity contribution < 1.29 is 14.4 Å². The first-order valence-corrected chi connectivity index (χ1v) is 3.37. The first kappa shape index (κ1) is 10.3. The summed E-state index contributed by atoms with van der Waals surface area (Å²) in [7, 11) is 0. The Labute approximate surface area is 69.1 Å². The highest BCUT2D eigenvalue weighted by Gasteiger charge is 2.15. The first-order chi connectivity index (χ1) is 5.57. The number of primary amides is 2. The van der Waals surface area contributed by atoms with Crippen molar-refractivity contribution in [1.29, 1.82) is 0 Å². The summed E-state index contributed by atoms with van der Waals surface area (Å²) in [5.74, 6) is -1.25. The number of hydrogen-bond acceptors (Lipinski definition) is 2. The van der Waals surface area contributed by atoms with Gasteiger partial charge in [-0.1, -0.05) is 0 Å². The zero-order chi connectivity index (χ0) is 9.56. The van der Waals surface area contributed by atoms with E-state index in [2.05, 4.69) is 4.79 Å². The molecule has 0 heterocycles. The summed E-state index contributed by atoms with van der Waals surface area (Å²) in [6, 6.07) is 0. The third-order valence-corrected chi connectivity index (χ3v) is 1.24. The molecule has 0 atom stereocenters. The van der Waals surface area contributed by atoms with Crippen LogP contribution in [0.5, 0.6) is 0 Å². The molecule has 4 N–H and O–H groups in total. The van der Waals surface area contributed by atoms with E-state index in [9.17, 15) is 9.59 Å².